The molecule has 0 amide bonds. The fraction of sp³-hybridized carbons (Fsp3) is 0.467. The summed E-state index contributed by atoms with van der Waals surface area (Å²) in [6, 6.07) is 7.22. The minimum absolute atomic E-state index is 0.429. The molecule has 0 spiro atoms. The Kier molecular flexibility index (Phi) is 5.67. The first-order valence-electron chi connectivity index (χ1n) is 6.72. The fourth-order valence-electron chi connectivity index (χ4n) is 2.01. The number of rotatable bonds is 6. The van der Waals surface area contributed by atoms with Crippen LogP contribution in [0.3, 0.4) is 0 Å². The number of alkyl halides is 2. The molecule has 0 aliphatic heterocycles. The third kappa shape index (κ3) is 3.77. The van der Waals surface area contributed by atoms with E-state index in [1.54, 1.807) is 12.1 Å². The quantitative estimate of drug-likeness (QED) is 0.746. The monoisotopic (exact) mass is 302 g/mol. The van der Waals surface area contributed by atoms with E-state index in [1.165, 1.54) is 6.92 Å². The SMILES string of the molecule is CCC/C(=C\C(F)(F)P(=O)(O)CC)c1ccccc1C. The van der Waals surface area contributed by atoms with E-state index in [-0.39, 0.29) is 0 Å². The molecule has 0 aliphatic carbocycles. The molecule has 1 atom stereocenters. The van der Waals surface area contributed by atoms with Gasteiger partial charge in [0.05, 0.1) is 0 Å². The molecule has 5 heteroatoms. The summed E-state index contributed by atoms with van der Waals surface area (Å²) in [5.74, 6) is 0. The van der Waals surface area contributed by atoms with Gasteiger partial charge in [-0.15, -0.1) is 0 Å². The van der Waals surface area contributed by atoms with Crippen molar-refractivity contribution in [1.82, 2.24) is 0 Å². The van der Waals surface area contributed by atoms with E-state index >= 15 is 0 Å². The first-order chi connectivity index (χ1) is 9.25. The van der Waals surface area contributed by atoms with Crippen molar-refractivity contribution in [2.45, 2.75) is 39.3 Å². The Hall–Kier alpha value is -0.990. The van der Waals surface area contributed by atoms with Crippen LogP contribution in [-0.2, 0) is 4.57 Å². The van der Waals surface area contributed by atoms with Crippen LogP contribution in [0.15, 0.2) is 30.3 Å². The van der Waals surface area contributed by atoms with Crippen LogP contribution >= 0.6 is 7.37 Å². The summed E-state index contributed by atoms with van der Waals surface area (Å²) in [7, 11) is -4.50. The second-order valence-electron chi connectivity index (χ2n) is 4.84. The van der Waals surface area contributed by atoms with Crippen LogP contribution in [0.4, 0.5) is 8.78 Å². The second-order valence-corrected chi connectivity index (χ2v) is 7.47. The van der Waals surface area contributed by atoms with E-state index in [0.29, 0.717) is 30.1 Å². The Labute approximate surface area is 119 Å². The molecule has 0 aromatic heterocycles. The Morgan fingerprint density at radius 3 is 2.45 bits per heavy atom. The summed E-state index contributed by atoms with van der Waals surface area (Å²) in [5.41, 5.74) is -1.66. The molecule has 0 saturated carbocycles. The second kappa shape index (κ2) is 6.64. The van der Waals surface area contributed by atoms with Gasteiger partial charge in [0.15, 0.2) is 0 Å². The first kappa shape index (κ1) is 17.1. The van der Waals surface area contributed by atoms with Crippen molar-refractivity contribution in [3.63, 3.8) is 0 Å². The minimum Gasteiger partial charge on any atom is -0.340 e. The Balaban J connectivity index is 3.31. The molecule has 20 heavy (non-hydrogen) atoms. The third-order valence-corrected chi connectivity index (χ3v) is 5.17. The lowest BCUT2D eigenvalue weighted by molar-refractivity contribution is 0.130. The van der Waals surface area contributed by atoms with Gasteiger partial charge in [0, 0.05) is 6.16 Å². The van der Waals surface area contributed by atoms with Crippen molar-refractivity contribution >= 4 is 12.9 Å². The van der Waals surface area contributed by atoms with Gasteiger partial charge in [-0.25, -0.2) is 0 Å². The van der Waals surface area contributed by atoms with E-state index < -0.39 is 19.2 Å². The Morgan fingerprint density at radius 1 is 1.35 bits per heavy atom. The van der Waals surface area contributed by atoms with Crippen molar-refractivity contribution < 1.29 is 18.2 Å². The zero-order valence-corrected chi connectivity index (χ0v) is 13.0. The number of halogens is 2. The van der Waals surface area contributed by atoms with Gasteiger partial charge in [-0.05, 0) is 36.1 Å². The standard InChI is InChI=1S/C15H21F2O2P/c1-4-8-13(14-10-7-6-9-12(14)3)11-15(16,17)20(18,19)5-2/h6-7,9-11H,4-5,8H2,1-3H3,(H,18,19)/b13-11+. The molecule has 0 heterocycles. The van der Waals surface area contributed by atoms with Crippen molar-refractivity contribution in [3.8, 4) is 0 Å². The van der Waals surface area contributed by atoms with Gasteiger partial charge in [-0.2, -0.15) is 8.78 Å². The van der Waals surface area contributed by atoms with Crippen LogP contribution in [0.2, 0.25) is 0 Å². The van der Waals surface area contributed by atoms with Gasteiger partial charge in [-0.1, -0.05) is 44.5 Å². The molecule has 0 aliphatic rings. The molecule has 0 fully saturated rings. The van der Waals surface area contributed by atoms with Gasteiger partial charge >= 0.3 is 5.66 Å². The molecule has 0 radical (unpaired) electrons. The molecule has 0 saturated heterocycles. The molecule has 2 nitrogen and oxygen atoms in total. The van der Waals surface area contributed by atoms with E-state index in [9.17, 15) is 18.2 Å². The molecule has 0 bridgehead atoms. The number of hydrogen-bond donors (Lipinski definition) is 1. The summed E-state index contributed by atoms with van der Waals surface area (Å²) >= 11 is 0. The van der Waals surface area contributed by atoms with Crippen LogP contribution in [0.25, 0.3) is 5.57 Å². The molecule has 1 aromatic rings. The van der Waals surface area contributed by atoms with Gasteiger partial charge in [0.2, 0.25) is 0 Å². The number of hydrogen-bond acceptors (Lipinski definition) is 1. The van der Waals surface area contributed by atoms with Gasteiger partial charge in [0.1, 0.15) is 0 Å². The maximum absolute atomic E-state index is 14.0. The fourth-order valence-corrected chi connectivity index (χ4v) is 2.79. The van der Waals surface area contributed by atoms with E-state index in [2.05, 4.69) is 0 Å². The predicted molar refractivity (Wildman–Crippen MR) is 79.4 cm³/mol. The lowest BCUT2D eigenvalue weighted by Gasteiger charge is -2.20. The average Bonchev–Trinajstić information content (AvgIpc) is 2.38. The van der Waals surface area contributed by atoms with E-state index in [4.69, 9.17) is 0 Å². The van der Waals surface area contributed by atoms with Crippen LogP contribution in [0.5, 0.6) is 0 Å². The molecule has 1 rings (SSSR count). The van der Waals surface area contributed by atoms with Crippen LogP contribution in [0.1, 0.15) is 37.8 Å². The zero-order valence-electron chi connectivity index (χ0n) is 12.1. The summed E-state index contributed by atoms with van der Waals surface area (Å²) in [6.45, 7) is 5.04. The zero-order chi connectivity index (χ0) is 15.4. The highest BCUT2D eigenvalue weighted by atomic mass is 31.2. The largest absolute Gasteiger partial charge is 0.340 e. The summed E-state index contributed by atoms with van der Waals surface area (Å²) < 4.78 is 39.6. The molecular formula is C15H21F2O2P. The maximum Gasteiger partial charge on any atom is 0.340 e. The number of allylic oxidation sites excluding steroid dienone is 2. The Bertz CT molecular complexity index is 538. The molecule has 1 unspecified atom stereocenters. The third-order valence-electron chi connectivity index (χ3n) is 3.25. The summed E-state index contributed by atoms with van der Waals surface area (Å²) in [6.07, 6.45) is 1.38. The topological polar surface area (TPSA) is 37.3 Å². The highest BCUT2D eigenvalue weighted by Crippen LogP contribution is 2.57. The normalized spacial score (nSPS) is 16.0. The van der Waals surface area contributed by atoms with Gasteiger partial charge in [-0.3, -0.25) is 4.57 Å². The highest BCUT2D eigenvalue weighted by molar-refractivity contribution is 7.59. The highest BCUT2D eigenvalue weighted by Gasteiger charge is 2.46. The van der Waals surface area contributed by atoms with Gasteiger partial charge < -0.3 is 4.89 Å². The van der Waals surface area contributed by atoms with Crippen molar-refractivity contribution in [3.05, 3.63) is 41.5 Å². The molecule has 1 aromatic carbocycles. The minimum atomic E-state index is -4.50. The number of aryl methyl sites for hydroxylation is 1. The molecule has 112 valence electrons. The molecular weight excluding hydrogens is 281 g/mol. The maximum atomic E-state index is 14.0. The van der Waals surface area contributed by atoms with E-state index in [1.807, 2.05) is 26.0 Å². The number of benzene rings is 1. The summed E-state index contributed by atoms with van der Waals surface area (Å²) in [4.78, 5) is 9.45. The Morgan fingerprint density at radius 2 is 1.95 bits per heavy atom. The smallest absolute Gasteiger partial charge is 0.340 e. The lowest BCUT2D eigenvalue weighted by Crippen LogP contribution is -2.15. The summed E-state index contributed by atoms with van der Waals surface area (Å²) in [5, 5.41) is 0. The van der Waals surface area contributed by atoms with Crippen molar-refractivity contribution in [1.29, 1.82) is 0 Å². The van der Waals surface area contributed by atoms with Crippen LogP contribution < -0.4 is 0 Å². The van der Waals surface area contributed by atoms with Gasteiger partial charge in [0.25, 0.3) is 7.37 Å². The van der Waals surface area contributed by atoms with Crippen molar-refractivity contribution in [2.75, 3.05) is 6.16 Å². The average molecular weight is 302 g/mol. The first-order valence-corrected chi connectivity index (χ1v) is 8.57. The van der Waals surface area contributed by atoms with Crippen LogP contribution in [-0.4, -0.2) is 16.7 Å². The molecule has 1 N–H and O–H groups in total. The van der Waals surface area contributed by atoms with E-state index in [0.717, 1.165) is 5.56 Å². The van der Waals surface area contributed by atoms with Crippen molar-refractivity contribution in [2.24, 2.45) is 0 Å². The lowest BCUT2D eigenvalue weighted by atomic mass is 9.97. The predicted octanol–water partition coefficient (Wildman–Crippen LogP) is 5.06. The van der Waals surface area contributed by atoms with Crippen LogP contribution in [0, 0.1) is 6.92 Å².